The Morgan fingerprint density at radius 1 is 1.17 bits per heavy atom. The summed E-state index contributed by atoms with van der Waals surface area (Å²) in [6.07, 6.45) is 1.51. The van der Waals surface area contributed by atoms with Gasteiger partial charge in [0.1, 0.15) is 17.4 Å². The summed E-state index contributed by atoms with van der Waals surface area (Å²) in [7, 11) is 0. The third-order valence-electron chi connectivity index (χ3n) is 3.33. The second kappa shape index (κ2) is 6.75. The average Bonchev–Trinajstić information content (AvgIpc) is 3.19. The lowest BCUT2D eigenvalue weighted by atomic mass is 10.1. The Hall–Kier alpha value is -2.47. The standard InChI is InChI=1S/C17H13F2NO2S/c18-13-3-4-15(16(19)8-13)17(21)20(9-12-5-7-23-11-12)10-14-2-1-6-22-14/h1-8,11H,9-10H2. The molecule has 0 spiro atoms. The SMILES string of the molecule is O=C(c1ccc(F)cc1F)N(Cc1ccsc1)Cc1ccco1. The van der Waals surface area contributed by atoms with Gasteiger partial charge in [-0.15, -0.1) is 0 Å². The summed E-state index contributed by atoms with van der Waals surface area (Å²) in [6, 6.07) is 8.31. The lowest BCUT2D eigenvalue weighted by molar-refractivity contribution is 0.0713. The van der Waals surface area contributed by atoms with Crippen LogP contribution in [0.15, 0.2) is 57.8 Å². The average molecular weight is 333 g/mol. The van der Waals surface area contributed by atoms with Gasteiger partial charge in [0.2, 0.25) is 0 Å². The first-order valence-corrected chi connectivity index (χ1v) is 7.85. The van der Waals surface area contributed by atoms with Crippen LogP contribution in [-0.2, 0) is 13.1 Å². The number of nitrogens with zero attached hydrogens (tertiary/aromatic N) is 1. The van der Waals surface area contributed by atoms with Crippen molar-refractivity contribution >= 4 is 17.2 Å². The minimum atomic E-state index is -0.871. The number of rotatable bonds is 5. The van der Waals surface area contributed by atoms with Gasteiger partial charge >= 0.3 is 0 Å². The molecule has 3 nitrogen and oxygen atoms in total. The van der Waals surface area contributed by atoms with E-state index in [4.69, 9.17) is 4.42 Å². The van der Waals surface area contributed by atoms with Gasteiger partial charge in [0.05, 0.1) is 18.4 Å². The summed E-state index contributed by atoms with van der Waals surface area (Å²) in [4.78, 5) is 14.1. The zero-order chi connectivity index (χ0) is 16.2. The van der Waals surface area contributed by atoms with Crippen LogP contribution in [0.3, 0.4) is 0 Å². The van der Waals surface area contributed by atoms with Gasteiger partial charge in [-0.3, -0.25) is 4.79 Å². The number of halogens is 2. The maximum absolute atomic E-state index is 13.9. The molecule has 0 saturated carbocycles. The monoisotopic (exact) mass is 333 g/mol. The van der Waals surface area contributed by atoms with E-state index in [-0.39, 0.29) is 12.1 Å². The van der Waals surface area contributed by atoms with E-state index in [1.165, 1.54) is 22.5 Å². The normalized spacial score (nSPS) is 10.7. The highest BCUT2D eigenvalue weighted by atomic mass is 32.1. The fraction of sp³-hybridized carbons (Fsp3) is 0.118. The molecule has 23 heavy (non-hydrogen) atoms. The Bertz CT molecular complexity index is 749. The highest BCUT2D eigenvalue weighted by molar-refractivity contribution is 7.07. The Kier molecular flexibility index (Phi) is 4.52. The summed E-state index contributed by atoms with van der Waals surface area (Å²) in [5, 5.41) is 3.83. The third-order valence-corrected chi connectivity index (χ3v) is 4.06. The lowest BCUT2D eigenvalue weighted by Crippen LogP contribution is -2.30. The molecule has 1 amide bonds. The summed E-state index contributed by atoms with van der Waals surface area (Å²) in [6.45, 7) is 0.526. The fourth-order valence-corrected chi connectivity index (χ4v) is 2.89. The van der Waals surface area contributed by atoms with Gasteiger partial charge < -0.3 is 9.32 Å². The number of carbonyl (C=O) groups excluding carboxylic acids is 1. The van der Waals surface area contributed by atoms with Gasteiger partial charge in [-0.2, -0.15) is 11.3 Å². The molecule has 3 rings (SSSR count). The van der Waals surface area contributed by atoms with E-state index in [1.807, 2.05) is 16.8 Å². The molecule has 118 valence electrons. The number of benzene rings is 1. The number of thiophene rings is 1. The Morgan fingerprint density at radius 3 is 2.70 bits per heavy atom. The van der Waals surface area contributed by atoms with Crippen LogP contribution in [0.2, 0.25) is 0 Å². The van der Waals surface area contributed by atoms with Crippen molar-refractivity contribution in [3.63, 3.8) is 0 Å². The third kappa shape index (κ3) is 3.65. The van der Waals surface area contributed by atoms with E-state index in [1.54, 1.807) is 12.1 Å². The predicted octanol–water partition coefficient (Wildman–Crippen LogP) is 4.46. The molecule has 3 aromatic rings. The molecule has 0 bridgehead atoms. The van der Waals surface area contributed by atoms with E-state index in [2.05, 4.69) is 0 Å². The van der Waals surface area contributed by atoms with Crippen molar-refractivity contribution < 1.29 is 18.0 Å². The van der Waals surface area contributed by atoms with Crippen LogP contribution in [-0.4, -0.2) is 10.8 Å². The minimum Gasteiger partial charge on any atom is -0.467 e. The van der Waals surface area contributed by atoms with Crippen molar-refractivity contribution in [2.45, 2.75) is 13.1 Å². The quantitative estimate of drug-likeness (QED) is 0.690. The molecule has 0 aliphatic heterocycles. The molecule has 0 aliphatic carbocycles. The van der Waals surface area contributed by atoms with Crippen LogP contribution in [0.1, 0.15) is 21.7 Å². The van der Waals surface area contributed by atoms with E-state index in [0.717, 1.165) is 17.7 Å². The van der Waals surface area contributed by atoms with Crippen molar-refractivity contribution in [1.82, 2.24) is 4.90 Å². The number of amides is 1. The lowest BCUT2D eigenvalue weighted by Gasteiger charge is -2.21. The van der Waals surface area contributed by atoms with Gasteiger partial charge in [0.25, 0.3) is 5.91 Å². The number of carbonyl (C=O) groups is 1. The Balaban J connectivity index is 1.88. The van der Waals surface area contributed by atoms with Crippen molar-refractivity contribution in [1.29, 1.82) is 0 Å². The van der Waals surface area contributed by atoms with Crippen LogP contribution in [0.5, 0.6) is 0 Å². The molecule has 0 fully saturated rings. The number of furan rings is 1. The summed E-state index contributed by atoms with van der Waals surface area (Å²) >= 11 is 1.52. The number of hydrogen-bond acceptors (Lipinski definition) is 3. The highest BCUT2D eigenvalue weighted by Gasteiger charge is 2.21. The van der Waals surface area contributed by atoms with Gasteiger partial charge in [0.15, 0.2) is 0 Å². The molecule has 0 atom stereocenters. The molecule has 0 unspecified atom stereocenters. The van der Waals surface area contributed by atoms with E-state index < -0.39 is 17.5 Å². The highest BCUT2D eigenvalue weighted by Crippen LogP contribution is 2.18. The second-order valence-corrected chi connectivity index (χ2v) is 5.78. The van der Waals surface area contributed by atoms with E-state index in [0.29, 0.717) is 18.4 Å². The molecule has 0 aliphatic rings. The van der Waals surface area contributed by atoms with Crippen LogP contribution in [0.25, 0.3) is 0 Å². The zero-order valence-electron chi connectivity index (χ0n) is 12.0. The smallest absolute Gasteiger partial charge is 0.257 e. The number of hydrogen-bond donors (Lipinski definition) is 0. The minimum absolute atomic E-state index is 0.159. The van der Waals surface area contributed by atoms with Crippen molar-refractivity contribution in [3.8, 4) is 0 Å². The van der Waals surface area contributed by atoms with Crippen molar-refractivity contribution in [3.05, 3.63) is 81.9 Å². The first-order chi connectivity index (χ1) is 11.1. The largest absolute Gasteiger partial charge is 0.467 e. The fourth-order valence-electron chi connectivity index (χ4n) is 2.23. The van der Waals surface area contributed by atoms with Gasteiger partial charge in [0, 0.05) is 12.6 Å². The topological polar surface area (TPSA) is 33.5 Å². The first kappa shape index (κ1) is 15.4. The molecule has 2 heterocycles. The van der Waals surface area contributed by atoms with Crippen LogP contribution < -0.4 is 0 Å². The summed E-state index contributed by atoms with van der Waals surface area (Å²) in [5.74, 6) is -1.50. The van der Waals surface area contributed by atoms with Gasteiger partial charge in [-0.25, -0.2) is 8.78 Å². The molecular weight excluding hydrogens is 320 g/mol. The Morgan fingerprint density at radius 2 is 2.04 bits per heavy atom. The maximum atomic E-state index is 13.9. The molecule has 0 saturated heterocycles. The molecule has 0 radical (unpaired) electrons. The van der Waals surface area contributed by atoms with Crippen LogP contribution in [0.4, 0.5) is 8.78 Å². The maximum Gasteiger partial charge on any atom is 0.257 e. The van der Waals surface area contributed by atoms with Crippen molar-refractivity contribution in [2.24, 2.45) is 0 Å². The molecule has 1 aromatic carbocycles. The van der Waals surface area contributed by atoms with Gasteiger partial charge in [-0.05, 0) is 46.7 Å². The molecular formula is C17H13F2NO2S. The van der Waals surface area contributed by atoms with E-state index in [9.17, 15) is 13.6 Å². The predicted molar refractivity (Wildman–Crippen MR) is 83.0 cm³/mol. The first-order valence-electron chi connectivity index (χ1n) is 6.91. The zero-order valence-corrected chi connectivity index (χ0v) is 12.9. The molecule has 2 aromatic heterocycles. The summed E-state index contributed by atoms with van der Waals surface area (Å²) in [5.41, 5.74) is 0.783. The van der Waals surface area contributed by atoms with E-state index >= 15 is 0 Å². The molecule has 0 N–H and O–H groups in total. The van der Waals surface area contributed by atoms with Gasteiger partial charge in [-0.1, -0.05) is 0 Å². The second-order valence-electron chi connectivity index (χ2n) is 5.00. The van der Waals surface area contributed by atoms with Crippen LogP contribution >= 0.6 is 11.3 Å². The van der Waals surface area contributed by atoms with Crippen molar-refractivity contribution in [2.75, 3.05) is 0 Å². The summed E-state index contributed by atoms with van der Waals surface area (Å²) < 4.78 is 32.2. The van der Waals surface area contributed by atoms with Crippen LogP contribution in [0, 0.1) is 11.6 Å². The molecule has 6 heteroatoms. The Labute approximate surface area is 135 Å².